The largest absolute Gasteiger partial charge is 0.374 e. The van der Waals surface area contributed by atoms with E-state index in [4.69, 9.17) is 4.74 Å². The van der Waals surface area contributed by atoms with Gasteiger partial charge in [0.05, 0.1) is 18.1 Å². The number of carbonyl (C=O) groups is 1. The second-order valence-corrected chi connectivity index (χ2v) is 7.47. The Labute approximate surface area is 150 Å². The molecule has 1 aliphatic rings. The van der Waals surface area contributed by atoms with Gasteiger partial charge in [0.1, 0.15) is 0 Å². The van der Waals surface area contributed by atoms with Crippen LogP contribution in [0.5, 0.6) is 0 Å². The number of aryl methyl sites for hydroxylation is 2. The van der Waals surface area contributed by atoms with Gasteiger partial charge in [-0.2, -0.15) is 0 Å². The molecule has 0 aliphatic heterocycles. The summed E-state index contributed by atoms with van der Waals surface area (Å²) in [4.78, 5) is 13.0. The predicted octanol–water partition coefficient (Wildman–Crippen LogP) is 4.90. The Balaban J connectivity index is 1.75. The van der Waals surface area contributed by atoms with Crippen molar-refractivity contribution in [1.29, 1.82) is 0 Å². The molecule has 1 amide bonds. The molecule has 0 aromatic heterocycles. The normalized spacial score (nSPS) is 15.2. The highest BCUT2D eigenvalue weighted by molar-refractivity contribution is 6.01. The molecule has 2 aromatic carbocycles. The van der Waals surface area contributed by atoms with E-state index >= 15 is 0 Å². The summed E-state index contributed by atoms with van der Waals surface area (Å²) in [5.74, 6) is 0.0967. The molecule has 0 atom stereocenters. The van der Waals surface area contributed by atoms with E-state index in [1.807, 2.05) is 38.1 Å². The van der Waals surface area contributed by atoms with Gasteiger partial charge >= 0.3 is 0 Å². The van der Waals surface area contributed by atoms with E-state index in [0.29, 0.717) is 6.61 Å². The number of carbonyl (C=O) groups excluding carboxylic acids is 1. The maximum absolute atomic E-state index is 13.0. The van der Waals surface area contributed by atoms with Gasteiger partial charge in [0.25, 0.3) is 0 Å². The van der Waals surface area contributed by atoms with Gasteiger partial charge in [-0.05, 0) is 63.8 Å². The van der Waals surface area contributed by atoms with Gasteiger partial charge in [-0.1, -0.05) is 41.5 Å². The molecule has 3 rings (SSSR count). The van der Waals surface area contributed by atoms with Crippen molar-refractivity contribution < 1.29 is 9.53 Å². The highest BCUT2D eigenvalue weighted by Crippen LogP contribution is 2.49. The first-order valence-electron chi connectivity index (χ1n) is 9.00. The standard InChI is InChI=1S/C22H27NO2/c1-15(2)25-14-18-6-5-7-20(13-18)23-21(24)22(8-9-22)19-11-16(3)10-17(4)12-19/h5-7,10-13,15H,8-9,14H2,1-4H3,(H,23,24). The number of hydrogen-bond donors (Lipinski definition) is 1. The first-order chi connectivity index (χ1) is 11.9. The van der Waals surface area contributed by atoms with E-state index in [9.17, 15) is 4.79 Å². The molecule has 0 saturated heterocycles. The van der Waals surface area contributed by atoms with Crippen molar-refractivity contribution >= 4 is 11.6 Å². The van der Waals surface area contributed by atoms with E-state index < -0.39 is 0 Å². The van der Waals surface area contributed by atoms with Crippen LogP contribution in [0.25, 0.3) is 0 Å². The van der Waals surface area contributed by atoms with E-state index in [0.717, 1.165) is 29.7 Å². The summed E-state index contributed by atoms with van der Waals surface area (Å²) in [5.41, 5.74) is 5.11. The van der Waals surface area contributed by atoms with Gasteiger partial charge in [0.2, 0.25) is 5.91 Å². The molecule has 0 heterocycles. The molecule has 0 unspecified atom stereocenters. The van der Waals surface area contributed by atoms with Crippen molar-refractivity contribution in [3.05, 3.63) is 64.7 Å². The Bertz CT molecular complexity index is 755. The van der Waals surface area contributed by atoms with Crippen LogP contribution in [0.4, 0.5) is 5.69 Å². The molecular formula is C22H27NO2. The molecule has 1 fully saturated rings. The molecular weight excluding hydrogens is 310 g/mol. The summed E-state index contributed by atoms with van der Waals surface area (Å²) >= 11 is 0. The third-order valence-electron chi connectivity index (χ3n) is 4.73. The lowest BCUT2D eigenvalue weighted by Crippen LogP contribution is -2.28. The topological polar surface area (TPSA) is 38.3 Å². The van der Waals surface area contributed by atoms with E-state index in [1.54, 1.807) is 0 Å². The maximum atomic E-state index is 13.0. The number of amides is 1. The van der Waals surface area contributed by atoms with Gasteiger partial charge in [0, 0.05) is 5.69 Å². The van der Waals surface area contributed by atoms with Crippen LogP contribution in [0.15, 0.2) is 42.5 Å². The molecule has 0 radical (unpaired) electrons. The smallest absolute Gasteiger partial charge is 0.235 e. The van der Waals surface area contributed by atoms with Gasteiger partial charge < -0.3 is 10.1 Å². The Morgan fingerprint density at radius 3 is 2.40 bits per heavy atom. The molecule has 25 heavy (non-hydrogen) atoms. The molecule has 1 N–H and O–H groups in total. The number of nitrogens with one attached hydrogen (secondary N) is 1. The second kappa shape index (κ2) is 7.01. The van der Waals surface area contributed by atoms with Gasteiger partial charge in [-0.3, -0.25) is 4.79 Å². The van der Waals surface area contributed by atoms with Crippen LogP contribution in [-0.2, 0) is 21.6 Å². The van der Waals surface area contributed by atoms with Crippen molar-refractivity contribution in [1.82, 2.24) is 0 Å². The van der Waals surface area contributed by atoms with Crippen LogP contribution < -0.4 is 5.32 Å². The van der Waals surface area contributed by atoms with E-state index in [-0.39, 0.29) is 17.4 Å². The number of rotatable bonds is 6. The fourth-order valence-corrected chi connectivity index (χ4v) is 3.28. The summed E-state index contributed by atoms with van der Waals surface area (Å²) in [7, 11) is 0. The third-order valence-corrected chi connectivity index (χ3v) is 4.73. The summed E-state index contributed by atoms with van der Waals surface area (Å²) in [6.07, 6.45) is 2.02. The monoisotopic (exact) mass is 337 g/mol. The van der Waals surface area contributed by atoms with Crippen LogP contribution in [0.1, 0.15) is 48.9 Å². The lowest BCUT2D eigenvalue weighted by atomic mass is 9.92. The van der Waals surface area contributed by atoms with Crippen LogP contribution in [0, 0.1) is 13.8 Å². The Kier molecular flexibility index (Phi) is 4.96. The predicted molar refractivity (Wildman–Crippen MR) is 102 cm³/mol. The fourth-order valence-electron chi connectivity index (χ4n) is 3.28. The van der Waals surface area contributed by atoms with Crippen molar-refractivity contribution in [2.45, 2.75) is 58.7 Å². The highest BCUT2D eigenvalue weighted by atomic mass is 16.5. The molecule has 2 aromatic rings. The van der Waals surface area contributed by atoms with E-state index in [2.05, 4.69) is 37.4 Å². The molecule has 132 valence electrons. The molecule has 0 spiro atoms. The van der Waals surface area contributed by atoms with E-state index in [1.165, 1.54) is 11.1 Å². The Morgan fingerprint density at radius 2 is 1.80 bits per heavy atom. The lowest BCUT2D eigenvalue weighted by Gasteiger charge is -2.18. The zero-order valence-electron chi connectivity index (χ0n) is 15.6. The molecule has 3 heteroatoms. The third kappa shape index (κ3) is 4.10. The minimum Gasteiger partial charge on any atom is -0.374 e. The lowest BCUT2D eigenvalue weighted by molar-refractivity contribution is -0.118. The van der Waals surface area contributed by atoms with Crippen LogP contribution in [0.3, 0.4) is 0 Å². The molecule has 1 saturated carbocycles. The number of ether oxygens (including phenoxy) is 1. The number of hydrogen-bond acceptors (Lipinski definition) is 2. The highest BCUT2D eigenvalue weighted by Gasteiger charge is 2.51. The number of benzene rings is 2. The first-order valence-corrected chi connectivity index (χ1v) is 9.00. The van der Waals surface area contributed by atoms with Crippen molar-refractivity contribution in [2.75, 3.05) is 5.32 Å². The SMILES string of the molecule is Cc1cc(C)cc(C2(C(=O)Nc3cccc(COC(C)C)c3)CC2)c1. The summed E-state index contributed by atoms with van der Waals surface area (Å²) < 4.78 is 5.65. The minimum atomic E-state index is -0.360. The fraction of sp³-hybridized carbons (Fsp3) is 0.409. The van der Waals surface area contributed by atoms with Crippen LogP contribution >= 0.6 is 0 Å². The van der Waals surface area contributed by atoms with Gasteiger partial charge in [0.15, 0.2) is 0 Å². The number of anilines is 1. The van der Waals surface area contributed by atoms with Crippen molar-refractivity contribution in [2.24, 2.45) is 0 Å². The zero-order chi connectivity index (χ0) is 18.0. The Hall–Kier alpha value is -2.13. The van der Waals surface area contributed by atoms with Gasteiger partial charge in [-0.25, -0.2) is 0 Å². The van der Waals surface area contributed by atoms with Gasteiger partial charge in [-0.15, -0.1) is 0 Å². The molecule has 0 bridgehead atoms. The van der Waals surface area contributed by atoms with Crippen LogP contribution in [-0.4, -0.2) is 12.0 Å². The van der Waals surface area contributed by atoms with Crippen molar-refractivity contribution in [3.8, 4) is 0 Å². The molecule has 3 nitrogen and oxygen atoms in total. The average Bonchev–Trinajstić information content (AvgIpc) is 3.34. The Morgan fingerprint density at radius 1 is 1.12 bits per heavy atom. The summed E-state index contributed by atoms with van der Waals surface area (Å²) in [6, 6.07) is 14.4. The zero-order valence-corrected chi connectivity index (χ0v) is 15.6. The first kappa shape index (κ1) is 17.7. The summed E-state index contributed by atoms with van der Waals surface area (Å²) in [5, 5.41) is 3.12. The average molecular weight is 337 g/mol. The molecule has 1 aliphatic carbocycles. The maximum Gasteiger partial charge on any atom is 0.235 e. The van der Waals surface area contributed by atoms with Crippen molar-refractivity contribution in [3.63, 3.8) is 0 Å². The summed E-state index contributed by atoms with van der Waals surface area (Å²) in [6.45, 7) is 8.77. The minimum absolute atomic E-state index is 0.0967. The second-order valence-electron chi connectivity index (χ2n) is 7.47. The quantitative estimate of drug-likeness (QED) is 0.814. The van der Waals surface area contributed by atoms with Crippen LogP contribution in [0.2, 0.25) is 0 Å².